The van der Waals surface area contributed by atoms with Crippen molar-refractivity contribution in [3.8, 4) is 0 Å². The standard InChI is InChI=1S/C13H16N2O4/c1-13(10(18-2)11(16)14-13)15-12(17)19-8-9-6-4-3-5-7-9/h3-7,10H,8H2,1-2H3,(H,14,16)(H,15,17)/t10-,13?/m1/s1. The molecule has 0 radical (unpaired) electrons. The highest BCUT2D eigenvalue weighted by atomic mass is 16.6. The van der Waals surface area contributed by atoms with Gasteiger partial charge in [0.05, 0.1) is 0 Å². The zero-order valence-corrected chi connectivity index (χ0v) is 10.8. The molecular weight excluding hydrogens is 248 g/mol. The second kappa shape index (κ2) is 5.27. The smallest absolute Gasteiger partial charge is 0.409 e. The van der Waals surface area contributed by atoms with E-state index in [1.807, 2.05) is 30.3 Å². The summed E-state index contributed by atoms with van der Waals surface area (Å²) in [7, 11) is 1.42. The average molecular weight is 264 g/mol. The summed E-state index contributed by atoms with van der Waals surface area (Å²) in [6.45, 7) is 1.83. The normalized spacial score (nSPS) is 25.2. The van der Waals surface area contributed by atoms with Gasteiger partial charge < -0.3 is 14.8 Å². The van der Waals surface area contributed by atoms with Crippen LogP contribution in [-0.4, -0.2) is 30.9 Å². The molecule has 0 aliphatic carbocycles. The number of amides is 2. The highest BCUT2D eigenvalue weighted by Crippen LogP contribution is 2.20. The maximum atomic E-state index is 11.7. The van der Waals surface area contributed by atoms with E-state index >= 15 is 0 Å². The lowest BCUT2D eigenvalue weighted by atomic mass is 9.95. The summed E-state index contributed by atoms with van der Waals surface area (Å²) in [5.41, 5.74) is -0.0247. The molecule has 1 heterocycles. The van der Waals surface area contributed by atoms with E-state index in [2.05, 4.69) is 10.6 Å². The molecule has 1 fully saturated rings. The van der Waals surface area contributed by atoms with Crippen molar-refractivity contribution < 1.29 is 19.1 Å². The van der Waals surface area contributed by atoms with Gasteiger partial charge in [0, 0.05) is 7.11 Å². The third-order valence-corrected chi connectivity index (χ3v) is 2.96. The number of carbonyl (C=O) groups is 2. The van der Waals surface area contributed by atoms with Crippen molar-refractivity contribution in [2.45, 2.75) is 25.3 Å². The van der Waals surface area contributed by atoms with Gasteiger partial charge in [-0.25, -0.2) is 4.79 Å². The van der Waals surface area contributed by atoms with Crippen LogP contribution in [0, 0.1) is 0 Å². The van der Waals surface area contributed by atoms with Crippen molar-refractivity contribution >= 4 is 12.0 Å². The van der Waals surface area contributed by atoms with Gasteiger partial charge in [0.2, 0.25) is 0 Å². The Morgan fingerprint density at radius 2 is 2.11 bits per heavy atom. The fraction of sp³-hybridized carbons (Fsp3) is 0.385. The number of carbonyl (C=O) groups excluding carboxylic acids is 2. The predicted octanol–water partition coefficient (Wildman–Crippen LogP) is 0.774. The monoisotopic (exact) mass is 264 g/mol. The predicted molar refractivity (Wildman–Crippen MR) is 67.1 cm³/mol. The lowest BCUT2D eigenvalue weighted by Crippen LogP contribution is -2.79. The highest BCUT2D eigenvalue weighted by Gasteiger charge is 2.52. The molecule has 0 aromatic heterocycles. The van der Waals surface area contributed by atoms with E-state index in [4.69, 9.17) is 9.47 Å². The first kappa shape index (κ1) is 13.4. The largest absolute Gasteiger partial charge is 0.445 e. The van der Waals surface area contributed by atoms with Crippen molar-refractivity contribution in [3.05, 3.63) is 35.9 Å². The fourth-order valence-electron chi connectivity index (χ4n) is 1.98. The van der Waals surface area contributed by atoms with Crippen LogP contribution >= 0.6 is 0 Å². The molecule has 1 unspecified atom stereocenters. The van der Waals surface area contributed by atoms with Crippen LogP contribution in [-0.2, 0) is 20.9 Å². The van der Waals surface area contributed by atoms with E-state index in [9.17, 15) is 9.59 Å². The molecule has 2 N–H and O–H groups in total. The van der Waals surface area contributed by atoms with Gasteiger partial charge in [-0.1, -0.05) is 30.3 Å². The summed E-state index contributed by atoms with van der Waals surface area (Å²) in [6, 6.07) is 9.34. The number of hydrogen-bond donors (Lipinski definition) is 2. The third-order valence-electron chi connectivity index (χ3n) is 2.96. The molecule has 2 atom stereocenters. The molecule has 1 aliphatic heterocycles. The van der Waals surface area contributed by atoms with Crippen LogP contribution in [0.15, 0.2) is 30.3 Å². The number of nitrogens with one attached hydrogen (secondary N) is 2. The fourth-order valence-corrected chi connectivity index (χ4v) is 1.98. The summed E-state index contributed by atoms with van der Waals surface area (Å²) in [4.78, 5) is 22.9. The second-order valence-electron chi connectivity index (χ2n) is 4.49. The maximum Gasteiger partial charge on any atom is 0.409 e. The lowest BCUT2D eigenvalue weighted by molar-refractivity contribution is -0.156. The number of benzene rings is 1. The first-order valence-electron chi connectivity index (χ1n) is 5.89. The summed E-state index contributed by atoms with van der Waals surface area (Å²) in [5, 5.41) is 5.15. The summed E-state index contributed by atoms with van der Waals surface area (Å²) >= 11 is 0. The Labute approximate surface area is 111 Å². The van der Waals surface area contributed by atoms with Gasteiger partial charge in [0.15, 0.2) is 6.10 Å². The van der Waals surface area contributed by atoms with Crippen molar-refractivity contribution in [3.63, 3.8) is 0 Å². The molecule has 6 heteroatoms. The number of β-lactam (4-membered cyclic amide) rings is 1. The number of ether oxygens (including phenoxy) is 2. The Morgan fingerprint density at radius 1 is 1.42 bits per heavy atom. The zero-order valence-electron chi connectivity index (χ0n) is 10.8. The molecule has 0 saturated carbocycles. The minimum absolute atomic E-state index is 0.175. The second-order valence-corrected chi connectivity index (χ2v) is 4.49. The molecular formula is C13H16N2O4. The number of rotatable bonds is 4. The Balaban J connectivity index is 1.83. The van der Waals surface area contributed by atoms with Gasteiger partial charge in [-0.15, -0.1) is 0 Å². The lowest BCUT2D eigenvalue weighted by Gasteiger charge is -2.45. The summed E-state index contributed by atoms with van der Waals surface area (Å²) < 4.78 is 10.1. The van der Waals surface area contributed by atoms with Gasteiger partial charge in [0.1, 0.15) is 12.3 Å². The maximum absolute atomic E-state index is 11.7. The zero-order chi connectivity index (χ0) is 13.9. The minimum Gasteiger partial charge on any atom is -0.445 e. The third kappa shape index (κ3) is 2.85. The van der Waals surface area contributed by atoms with E-state index in [0.717, 1.165) is 5.56 Å². The Bertz CT molecular complexity index is 477. The van der Waals surface area contributed by atoms with Gasteiger partial charge in [-0.05, 0) is 12.5 Å². The Hall–Kier alpha value is -2.08. The van der Waals surface area contributed by atoms with E-state index in [0.29, 0.717) is 0 Å². The number of hydrogen-bond acceptors (Lipinski definition) is 4. The van der Waals surface area contributed by atoms with Crippen molar-refractivity contribution in [1.82, 2.24) is 10.6 Å². The molecule has 1 aromatic rings. The summed E-state index contributed by atoms with van der Waals surface area (Å²) in [6.07, 6.45) is -1.30. The highest BCUT2D eigenvalue weighted by molar-refractivity contribution is 5.91. The minimum atomic E-state index is -0.917. The Kier molecular flexibility index (Phi) is 3.71. The molecule has 0 bridgehead atoms. The van der Waals surface area contributed by atoms with Crippen LogP contribution in [0.3, 0.4) is 0 Å². The first-order chi connectivity index (χ1) is 9.05. The van der Waals surface area contributed by atoms with Crippen LogP contribution in [0.2, 0.25) is 0 Å². The number of methoxy groups -OCH3 is 1. The molecule has 2 rings (SSSR count). The van der Waals surface area contributed by atoms with Crippen LogP contribution in [0.4, 0.5) is 4.79 Å². The van der Waals surface area contributed by atoms with Gasteiger partial charge in [-0.2, -0.15) is 0 Å². The molecule has 1 aromatic carbocycles. The van der Waals surface area contributed by atoms with Crippen molar-refractivity contribution in [2.75, 3.05) is 7.11 Å². The molecule has 1 saturated heterocycles. The topological polar surface area (TPSA) is 76.7 Å². The molecule has 102 valence electrons. The van der Waals surface area contributed by atoms with Crippen LogP contribution in [0.25, 0.3) is 0 Å². The molecule has 1 aliphatic rings. The molecule has 6 nitrogen and oxygen atoms in total. The van der Waals surface area contributed by atoms with Gasteiger partial charge in [0.25, 0.3) is 5.91 Å². The average Bonchev–Trinajstić information content (AvgIpc) is 2.37. The van der Waals surface area contributed by atoms with Gasteiger partial charge >= 0.3 is 6.09 Å². The molecule has 0 spiro atoms. The van der Waals surface area contributed by atoms with E-state index in [1.165, 1.54) is 7.11 Å². The van der Waals surface area contributed by atoms with E-state index in [1.54, 1.807) is 6.92 Å². The van der Waals surface area contributed by atoms with Crippen molar-refractivity contribution in [1.29, 1.82) is 0 Å². The van der Waals surface area contributed by atoms with E-state index < -0.39 is 17.9 Å². The van der Waals surface area contributed by atoms with Crippen LogP contribution in [0.5, 0.6) is 0 Å². The van der Waals surface area contributed by atoms with Crippen LogP contribution in [0.1, 0.15) is 12.5 Å². The molecule has 19 heavy (non-hydrogen) atoms. The van der Waals surface area contributed by atoms with Crippen molar-refractivity contribution in [2.24, 2.45) is 0 Å². The number of alkyl carbamates (subject to hydrolysis) is 1. The first-order valence-corrected chi connectivity index (χ1v) is 5.89. The van der Waals surface area contributed by atoms with Crippen LogP contribution < -0.4 is 10.6 Å². The molecule has 2 amide bonds. The SMILES string of the molecule is CO[C@@H]1C(=O)NC1(C)NC(=O)OCc1ccccc1. The Morgan fingerprint density at radius 3 is 2.68 bits per heavy atom. The van der Waals surface area contributed by atoms with Gasteiger partial charge in [-0.3, -0.25) is 10.1 Å². The quantitative estimate of drug-likeness (QED) is 0.788. The van der Waals surface area contributed by atoms with E-state index in [-0.39, 0.29) is 12.5 Å². The summed E-state index contributed by atoms with van der Waals surface area (Å²) in [5.74, 6) is -0.256.